The predicted molar refractivity (Wildman–Crippen MR) is 96.5 cm³/mol. The maximum atomic E-state index is 12.3. The minimum absolute atomic E-state index is 0. The van der Waals surface area contributed by atoms with Crippen molar-refractivity contribution in [2.45, 2.75) is 24.6 Å². The molecule has 2 atom stereocenters. The first-order chi connectivity index (χ1) is 12.0. The minimum atomic E-state index is -1.10. The molecule has 0 fully saturated rings. The fourth-order valence-electron chi connectivity index (χ4n) is 2.19. The van der Waals surface area contributed by atoms with Gasteiger partial charge in [0.15, 0.2) is 0 Å². The Hall–Kier alpha value is -1.60. The van der Waals surface area contributed by atoms with Crippen LogP contribution in [0.3, 0.4) is 0 Å². The molecule has 1 N–H and O–H groups in total. The summed E-state index contributed by atoms with van der Waals surface area (Å²) in [5.74, 6) is -1.51. The van der Waals surface area contributed by atoms with Crippen LogP contribution in [-0.2, 0) is 16.0 Å². The molecular weight excluding hydrogens is 361 g/mol. The summed E-state index contributed by atoms with van der Waals surface area (Å²) in [5.41, 5.74) is 1.34. The van der Waals surface area contributed by atoms with Crippen molar-refractivity contribution in [3.63, 3.8) is 0 Å². The molecule has 26 heavy (non-hydrogen) atoms. The summed E-state index contributed by atoms with van der Waals surface area (Å²) in [6, 6.07) is 16.7. The fraction of sp³-hybridized carbons (Fsp3) is 0.211. The Balaban J connectivity index is 0.00000338. The third-order valence-electron chi connectivity index (χ3n) is 3.44. The van der Waals surface area contributed by atoms with E-state index in [0.29, 0.717) is 17.3 Å². The topological polar surface area (TPSA) is 89.8 Å². The molecule has 0 spiro atoms. The minimum Gasteiger partial charge on any atom is -0.862 e. The van der Waals surface area contributed by atoms with Crippen molar-refractivity contribution < 1.29 is 49.4 Å². The van der Waals surface area contributed by atoms with Crippen molar-refractivity contribution in [1.29, 1.82) is 0 Å². The summed E-state index contributed by atoms with van der Waals surface area (Å²) in [6.07, 6.45) is 0.115. The van der Waals surface area contributed by atoms with Gasteiger partial charge in [0.25, 0.3) is 0 Å². The zero-order chi connectivity index (χ0) is 18.2. The van der Waals surface area contributed by atoms with E-state index in [4.69, 9.17) is 0 Å². The quantitative estimate of drug-likeness (QED) is 0.397. The van der Waals surface area contributed by atoms with Gasteiger partial charge in [-0.2, -0.15) is 0 Å². The Morgan fingerprint density at radius 2 is 1.62 bits per heavy atom. The summed E-state index contributed by atoms with van der Waals surface area (Å²) in [7, 11) is 0. The molecule has 130 valence electrons. The van der Waals surface area contributed by atoms with Crippen LogP contribution in [0.4, 0.5) is 0 Å². The van der Waals surface area contributed by atoms with Crippen LogP contribution in [-0.4, -0.2) is 28.1 Å². The number of benzene rings is 2. The number of aliphatic carboxylic acids is 1. The van der Waals surface area contributed by atoms with Gasteiger partial charge in [0.2, 0.25) is 5.12 Å². The van der Waals surface area contributed by atoms with E-state index in [1.165, 1.54) is 6.92 Å². The van der Waals surface area contributed by atoms with Crippen molar-refractivity contribution in [3.8, 4) is 0 Å². The van der Waals surface area contributed by atoms with Gasteiger partial charge in [-0.1, -0.05) is 72.4 Å². The van der Waals surface area contributed by atoms with Gasteiger partial charge in [0, 0.05) is 6.42 Å². The summed E-state index contributed by atoms with van der Waals surface area (Å²) < 4.78 is 0. The molecule has 0 aliphatic heterocycles. The monoisotopic (exact) mass is 379 g/mol. The molecule has 0 aliphatic rings. The van der Waals surface area contributed by atoms with E-state index in [1.54, 1.807) is 30.3 Å². The molecule has 2 rings (SSSR count). The SMILES string of the molecule is C[C@@H](N=C([O-])Cc1ccccc1)C(=O)S[C@H](C(=O)O)c1ccccc1.[Na+]. The third-order valence-corrected chi connectivity index (χ3v) is 4.72. The number of hydrogen-bond acceptors (Lipinski definition) is 5. The van der Waals surface area contributed by atoms with Gasteiger partial charge in [-0.15, -0.1) is 0 Å². The first kappa shape index (κ1) is 22.4. The molecule has 0 amide bonds. The smallest absolute Gasteiger partial charge is 0.862 e. The maximum Gasteiger partial charge on any atom is 1.00 e. The second-order valence-electron chi connectivity index (χ2n) is 5.43. The first-order valence-electron chi connectivity index (χ1n) is 7.73. The molecule has 0 heterocycles. The van der Waals surface area contributed by atoms with Crippen LogP contribution < -0.4 is 34.7 Å². The van der Waals surface area contributed by atoms with Crippen molar-refractivity contribution in [2.75, 3.05) is 0 Å². The van der Waals surface area contributed by atoms with Gasteiger partial charge in [0.1, 0.15) is 11.3 Å². The Morgan fingerprint density at radius 1 is 1.08 bits per heavy atom. The zero-order valence-corrected chi connectivity index (χ0v) is 17.5. The second-order valence-corrected chi connectivity index (χ2v) is 6.54. The van der Waals surface area contributed by atoms with E-state index < -0.39 is 28.3 Å². The van der Waals surface area contributed by atoms with Gasteiger partial charge in [0.05, 0.1) is 0 Å². The standard InChI is InChI=1S/C19H19NO4S.Na/c1-13(20-16(21)12-14-8-4-2-5-9-14)19(24)25-17(18(22)23)15-10-6-3-7-11-15;/h2-11,13,17H,12H2,1H3,(H,20,21)(H,22,23);/q;+1/p-1/t13-,17+;/m1./s1. The molecule has 0 bridgehead atoms. The number of rotatable bonds is 7. The van der Waals surface area contributed by atoms with Gasteiger partial charge in [-0.05, 0) is 23.9 Å². The molecule has 7 heteroatoms. The summed E-state index contributed by atoms with van der Waals surface area (Å²) in [5, 5.41) is 19.9. The summed E-state index contributed by atoms with van der Waals surface area (Å²) >= 11 is 0.678. The molecular formula is C19H18NNaO4S. The van der Waals surface area contributed by atoms with E-state index in [9.17, 15) is 19.8 Å². The number of thioether (sulfide) groups is 1. The predicted octanol–water partition coefficient (Wildman–Crippen LogP) is -0.534. The summed E-state index contributed by atoms with van der Waals surface area (Å²) in [6.45, 7) is 1.50. The van der Waals surface area contributed by atoms with Crippen molar-refractivity contribution in [1.82, 2.24) is 0 Å². The number of nitrogens with zero attached hydrogens (tertiary/aromatic N) is 1. The molecule has 0 aliphatic carbocycles. The van der Waals surface area contributed by atoms with E-state index in [-0.39, 0.29) is 36.0 Å². The number of carboxylic acids is 1. The van der Waals surface area contributed by atoms with Gasteiger partial charge in [-0.3, -0.25) is 14.6 Å². The molecule has 0 radical (unpaired) electrons. The molecule has 0 aromatic heterocycles. The number of aliphatic imine (C=N–C) groups is 1. The first-order valence-corrected chi connectivity index (χ1v) is 8.61. The zero-order valence-electron chi connectivity index (χ0n) is 14.7. The van der Waals surface area contributed by atoms with Crippen LogP contribution in [0.15, 0.2) is 65.7 Å². The van der Waals surface area contributed by atoms with Crippen LogP contribution in [0.1, 0.15) is 23.3 Å². The third kappa shape index (κ3) is 6.96. The van der Waals surface area contributed by atoms with Crippen molar-refractivity contribution in [2.24, 2.45) is 4.99 Å². The van der Waals surface area contributed by atoms with Crippen molar-refractivity contribution >= 4 is 28.7 Å². The van der Waals surface area contributed by atoms with E-state index in [0.717, 1.165) is 5.56 Å². The van der Waals surface area contributed by atoms with E-state index >= 15 is 0 Å². The molecule has 0 saturated carbocycles. The van der Waals surface area contributed by atoms with Gasteiger partial charge >= 0.3 is 35.5 Å². The number of carbonyl (C=O) groups excluding carboxylic acids is 1. The average molecular weight is 379 g/mol. The molecule has 5 nitrogen and oxygen atoms in total. The normalized spacial score (nSPS) is 13.3. The Kier molecular flexibility index (Phi) is 9.65. The van der Waals surface area contributed by atoms with Crippen LogP contribution >= 0.6 is 11.8 Å². The molecule has 0 unspecified atom stereocenters. The van der Waals surface area contributed by atoms with Gasteiger partial charge in [-0.25, -0.2) is 0 Å². The summed E-state index contributed by atoms with van der Waals surface area (Å²) in [4.78, 5) is 27.6. The van der Waals surface area contributed by atoms with Crippen LogP contribution in [0, 0.1) is 0 Å². The fourth-order valence-corrected chi connectivity index (χ4v) is 3.06. The Morgan fingerprint density at radius 3 is 2.15 bits per heavy atom. The van der Waals surface area contributed by atoms with Crippen LogP contribution in [0.5, 0.6) is 0 Å². The van der Waals surface area contributed by atoms with Crippen LogP contribution in [0.25, 0.3) is 0 Å². The molecule has 2 aromatic carbocycles. The largest absolute Gasteiger partial charge is 1.00 e. The van der Waals surface area contributed by atoms with Crippen LogP contribution in [0.2, 0.25) is 0 Å². The number of carbonyl (C=O) groups is 2. The Labute approximate surface area is 178 Å². The molecule has 2 aromatic rings. The second kappa shape index (κ2) is 11.2. The Bertz CT molecular complexity index is 753. The average Bonchev–Trinajstić information content (AvgIpc) is 2.60. The number of carboxylic acid groups (broad SMARTS) is 1. The molecule has 0 saturated heterocycles. The van der Waals surface area contributed by atoms with Gasteiger partial charge < -0.3 is 10.2 Å². The number of hydrogen-bond donors (Lipinski definition) is 1. The van der Waals surface area contributed by atoms with E-state index in [2.05, 4.69) is 4.99 Å². The van der Waals surface area contributed by atoms with Crippen molar-refractivity contribution in [3.05, 3.63) is 71.8 Å². The van der Waals surface area contributed by atoms with E-state index in [1.807, 2.05) is 30.3 Å². The maximum absolute atomic E-state index is 12.3.